The Hall–Kier alpha value is -1.61. The van der Waals surface area contributed by atoms with Crippen LogP contribution < -0.4 is 9.47 Å². The van der Waals surface area contributed by atoms with E-state index in [-0.39, 0.29) is 12.0 Å². The van der Waals surface area contributed by atoms with Crippen LogP contribution in [0.4, 0.5) is 0 Å². The molecule has 2 fully saturated rings. The number of ether oxygens (including phenoxy) is 3. The van der Waals surface area contributed by atoms with Gasteiger partial charge in [-0.1, -0.05) is 24.0 Å². The lowest BCUT2D eigenvalue weighted by molar-refractivity contribution is -0.122. The van der Waals surface area contributed by atoms with Crippen LogP contribution in [0.1, 0.15) is 25.0 Å². The Morgan fingerprint density at radius 2 is 2.10 bits per heavy atom. The molecule has 0 aliphatic carbocycles. The second-order valence-corrected chi connectivity index (χ2v) is 9.03. The fourth-order valence-electron chi connectivity index (χ4n) is 3.75. The first-order chi connectivity index (χ1) is 14.0. The summed E-state index contributed by atoms with van der Waals surface area (Å²) in [4.78, 5) is 17.6. The fourth-order valence-corrected chi connectivity index (χ4v) is 5.05. The van der Waals surface area contributed by atoms with Crippen molar-refractivity contribution >= 4 is 40.3 Å². The van der Waals surface area contributed by atoms with E-state index in [9.17, 15) is 4.79 Å². The van der Waals surface area contributed by atoms with E-state index < -0.39 is 0 Å². The fraction of sp³-hybridized carbons (Fsp3) is 0.524. The molecule has 0 spiro atoms. The third-order valence-corrected chi connectivity index (χ3v) is 6.61. The summed E-state index contributed by atoms with van der Waals surface area (Å²) in [6.45, 7) is 9.28. The van der Waals surface area contributed by atoms with Gasteiger partial charge in [0, 0.05) is 43.7 Å². The molecule has 0 N–H and O–H groups in total. The Kier molecular flexibility index (Phi) is 6.44. The van der Waals surface area contributed by atoms with Gasteiger partial charge in [0.15, 0.2) is 0 Å². The van der Waals surface area contributed by atoms with Crippen molar-refractivity contribution in [2.75, 3.05) is 46.0 Å². The topological polar surface area (TPSA) is 51.2 Å². The molecule has 0 bridgehead atoms. The van der Waals surface area contributed by atoms with Crippen LogP contribution in [0, 0.1) is 0 Å². The van der Waals surface area contributed by atoms with Gasteiger partial charge in [0.1, 0.15) is 21.9 Å². The second-order valence-electron chi connectivity index (χ2n) is 7.35. The van der Waals surface area contributed by atoms with Gasteiger partial charge in [0.05, 0.1) is 24.7 Å². The van der Waals surface area contributed by atoms with Gasteiger partial charge in [0.2, 0.25) is 0 Å². The monoisotopic (exact) mass is 434 g/mol. The zero-order chi connectivity index (χ0) is 20.4. The smallest absolute Gasteiger partial charge is 0.266 e. The van der Waals surface area contributed by atoms with Gasteiger partial charge in [-0.2, -0.15) is 0 Å². The molecule has 1 aromatic carbocycles. The zero-order valence-corrected chi connectivity index (χ0v) is 18.4. The lowest BCUT2D eigenvalue weighted by Gasteiger charge is -2.28. The molecule has 0 radical (unpaired) electrons. The number of thiocarbonyl (C=S) groups is 1. The van der Waals surface area contributed by atoms with E-state index >= 15 is 0 Å². The molecule has 6 nitrogen and oxygen atoms in total. The van der Waals surface area contributed by atoms with Gasteiger partial charge >= 0.3 is 0 Å². The molecule has 156 valence electrons. The first-order valence-corrected chi connectivity index (χ1v) is 11.3. The standard InChI is InChI=1S/C21H26N2O4S2/c1-3-26-17-11-15-10-14(2)27-18(15)12-16(17)13-19-20(24)23(21(28)29-19)5-4-22-6-8-25-9-7-22/h11-14H,3-10H2,1-2H3/b19-13-. The van der Waals surface area contributed by atoms with Crippen molar-refractivity contribution in [3.05, 3.63) is 28.2 Å². The van der Waals surface area contributed by atoms with Crippen LogP contribution in [0.5, 0.6) is 11.5 Å². The van der Waals surface area contributed by atoms with Crippen LogP contribution in [0.15, 0.2) is 17.0 Å². The summed E-state index contributed by atoms with van der Waals surface area (Å²) >= 11 is 6.84. The highest BCUT2D eigenvalue weighted by Crippen LogP contribution is 2.39. The average Bonchev–Trinajstić information content (AvgIpc) is 3.19. The van der Waals surface area contributed by atoms with Crippen molar-refractivity contribution in [1.29, 1.82) is 0 Å². The maximum Gasteiger partial charge on any atom is 0.266 e. The Morgan fingerprint density at radius 3 is 2.86 bits per heavy atom. The van der Waals surface area contributed by atoms with Crippen LogP contribution in [0.3, 0.4) is 0 Å². The maximum absolute atomic E-state index is 13.0. The molecule has 4 rings (SSSR count). The number of hydrogen-bond donors (Lipinski definition) is 0. The SMILES string of the molecule is CCOc1cc2c(cc1/C=C1\SC(=S)N(CCN3CCOCC3)C1=O)OC(C)C2. The van der Waals surface area contributed by atoms with Gasteiger partial charge in [-0.15, -0.1) is 0 Å². The lowest BCUT2D eigenvalue weighted by Crippen LogP contribution is -2.42. The van der Waals surface area contributed by atoms with Gasteiger partial charge in [-0.25, -0.2) is 0 Å². The third kappa shape index (κ3) is 4.60. The van der Waals surface area contributed by atoms with Gasteiger partial charge in [-0.05, 0) is 32.1 Å². The van der Waals surface area contributed by atoms with Crippen LogP contribution in [-0.4, -0.2) is 72.1 Å². The number of hydrogen-bond acceptors (Lipinski definition) is 7. The summed E-state index contributed by atoms with van der Waals surface area (Å²) in [7, 11) is 0. The summed E-state index contributed by atoms with van der Waals surface area (Å²) < 4.78 is 17.7. The van der Waals surface area contributed by atoms with E-state index in [4.69, 9.17) is 26.4 Å². The first-order valence-electron chi connectivity index (χ1n) is 10.1. The predicted molar refractivity (Wildman–Crippen MR) is 119 cm³/mol. The third-order valence-electron chi connectivity index (χ3n) is 5.23. The minimum atomic E-state index is -0.0366. The first kappa shape index (κ1) is 20.7. The number of carbonyl (C=O) groups excluding carboxylic acids is 1. The second kappa shape index (κ2) is 9.04. The van der Waals surface area contributed by atoms with E-state index in [1.807, 2.05) is 25.1 Å². The summed E-state index contributed by atoms with van der Waals surface area (Å²) in [5.74, 6) is 1.61. The largest absolute Gasteiger partial charge is 0.493 e. The number of fused-ring (bicyclic) bond motifs is 1. The van der Waals surface area contributed by atoms with Crippen LogP contribution in [0.25, 0.3) is 6.08 Å². The lowest BCUT2D eigenvalue weighted by atomic mass is 10.1. The normalized spacial score (nSPS) is 23.6. The van der Waals surface area contributed by atoms with Crippen molar-refractivity contribution in [1.82, 2.24) is 9.80 Å². The van der Waals surface area contributed by atoms with Crippen molar-refractivity contribution in [3.63, 3.8) is 0 Å². The summed E-state index contributed by atoms with van der Waals surface area (Å²) in [5.41, 5.74) is 2.00. The molecule has 8 heteroatoms. The van der Waals surface area contributed by atoms with E-state index in [0.717, 1.165) is 61.9 Å². The Balaban J connectivity index is 1.51. The summed E-state index contributed by atoms with van der Waals surface area (Å²) in [5, 5.41) is 0. The molecule has 0 aromatic heterocycles. The Labute approximate surface area is 181 Å². The molecule has 1 unspecified atom stereocenters. The van der Waals surface area contributed by atoms with Crippen LogP contribution in [-0.2, 0) is 16.0 Å². The number of nitrogens with zero attached hydrogens (tertiary/aromatic N) is 2. The highest BCUT2D eigenvalue weighted by molar-refractivity contribution is 8.26. The molecular weight excluding hydrogens is 408 g/mol. The molecule has 3 aliphatic rings. The molecule has 29 heavy (non-hydrogen) atoms. The van der Waals surface area contributed by atoms with Gasteiger partial charge in [0.25, 0.3) is 5.91 Å². The number of amides is 1. The average molecular weight is 435 g/mol. The minimum Gasteiger partial charge on any atom is -0.493 e. The van der Waals surface area contributed by atoms with Crippen molar-refractivity contribution < 1.29 is 19.0 Å². The number of benzene rings is 1. The molecule has 3 aliphatic heterocycles. The summed E-state index contributed by atoms with van der Waals surface area (Å²) in [6, 6.07) is 4.01. The quantitative estimate of drug-likeness (QED) is 0.504. The van der Waals surface area contributed by atoms with E-state index in [1.165, 1.54) is 11.8 Å². The van der Waals surface area contributed by atoms with E-state index in [2.05, 4.69) is 11.8 Å². The molecular formula is C21H26N2O4S2. The molecule has 0 saturated carbocycles. The van der Waals surface area contributed by atoms with E-state index in [1.54, 1.807) is 4.90 Å². The summed E-state index contributed by atoms with van der Waals surface area (Å²) in [6.07, 6.45) is 2.92. The van der Waals surface area contributed by atoms with E-state index in [0.29, 0.717) is 22.4 Å². The van der Waals surface area contributed by atoms with Crippen molar-refractivity contribution in [2.24, 2.45) is 0 Å². The zero-order valence-electron chi connectivity index (χ0n) is 16.8. The highest BCUT2D eigenvalue weighted by Gasteiger charge is 2.32. The predicted octanol–water partition coefficient (Wildman–Crippen LogP) is 2.94. The Bertz CT molecular complexity index is 836. The minimum absolute atomic E-state index is 0.0366. The number of carbonyl (C=O) groups is 1. The van der Waals surface area contributed by atoms with Crippen LogP contribution >= 0.6 is 24.0 Å². The molecule has 1 atom stereocenters. The number of rotatable bonds is 6. The number of morpholine rings is 1. The van der Waals surface area contributed by atoms with Crippen LogP contribution in [0.2, 0.25) is 0 Å². The van der Waals surface area contributed by atoms with Crippen molar-refractivity contribution in [2.45, 2.75) is 26.4 Å². The maximum atomic E-state index is 13.0. The Morgan fingerprint density at radius 1 is 1.31 bits per heavy atom. The highest BCUT2D eigenvalue weighted by atomic mass is 32.2. The van der Waals surface area contributed by atoms with Gasteiger partial charge in [-0.3, -0.25) is 14.6 Å². The molecule has 2 saturated heterocycles. The van der Waals surface area contributed by atoms with Gasteiger partial charge < -0.3 is 14.2 Å². The number of thioether (sulfide) groups is 1. The molecule has 1 aromatic rings. The van der Waals surface area contributed by atoms with Crippen molar-refractivity contribution in [3.8, 4) is 11.5 Å². The molecule has 1 amide bonds. The molecule has 3 heterocycles.